The summed E-state index contributed by atoms with van der Waals surface area (Å²) in [6.07, 6.45) is 1.70. The Kier molecular flexibility index (Phi) is 6.37. The quantitative estimate of drug-likeness (QED) is 0.763. The summed E-state index contributed by atoms with van der Waals surface area (Å²) >= 11 is 0. The summed E-state index contributed by atoms with van der Waals surface area (Å²) in [5, 5.41) is 9.17. The molecule has 0 spiro atoms. The molecule has 2 N–H and O–H groups in total. The van der Waals surface area contributed by atoms with Crippen molar-refractivity contribution in [3.8, 4) is 5.75 Å². The number of unbranched alkanes of at least 4 members (excludes halogenated alkanes) is 1. The molecule has 124 valence electrons. The summed E-state index contributed by atoms with van der Waals surface area (Å²) in [5.41, 5.74) is 1.18. The lowest BCUT2D eigenvalue weighted by atomic mass is 10.1. The van der Waals surface area contributed by atoms with E-state index < -0.39 is 22.0 Å². The lowest BCUT2D eigenvalue weighted by Gasteiger charge is -2.17. The number of carbonyl (C=O) groups is 1. The summed E-state index contributed by atoms with van der Waals surface area (Å²) in [6.45, 7) is 5.31. The Labute approximate surface area is 131 Å². The van der Waals surface area contributed by atoms with Crippen molar-refractivity contribution in [3.05, 3.63) is 23.3 Å². The number of hydrogen-bond donors (Lipinski definition) is 2. The van der Waals surface area contributed by atoms with Crippen molar-refractivity contribution < 1.29 is 23.1 Å². The first-order chi connectivity index (χ1) is 10.2. The molecule has 0 saturated heterocycles. The van der Waals surface area contributed by atoms with E-state index >= 15 is 0 Å². The van der Waals surface area contributed by atoms with E-state index in [4.69, 9.17) is 9.84 Å². The van der Waals surface area contributed by atoms with Crippen LogP contribution in [0.2, 0.25) is 0 Å². The molecule has 0 fully saturated rings. The van der Waals surface area contributed by atoms with Crippen LogP contribution in [0.5, 0.6) is 5.75 Å². The van der Waals surface area contributed by atoms with Gasteiger partial charge in [0.25, 0.3) is 0 Å². The summed E-state index contributed by atoms with van der Waals surface area (Å²) in [7, 11) is -2.39. The highest BCUT2D eigenvalue weighted by Crippen LogP contribution is 2.25. The third-order valence-corrected chi connectivity index (χ3v) is 5.04. The zero-order valence-electron chi connectivity index (χ0n) is 13.3. The van der Waals surface area contributed by atoms with Crippen molar-refractivity contribution >= 4 is 16.0 Å². The van der Waals surface area contributed by atoms with Gasteiger partial charge in [0.2, 0.25) is 10.0 Å². The third-order valence-electron chi connectivity index (χ3n) is 3.42. The van der Waals surface area contributed by atoms with Gasteiger partial charge in [-0.2, -0.15) is 4.72 Å². The molecular weight excluding hydrogens is 306 g/mol. The highest BCUT2D eigenvalue weighted by atomic mass is 32.2. The van der Waals surface area contributed by atoms with Crippen LogP contribution in [0.3, 0.4) is 0 Å². The fraction of sp³-hybridized carbons (Fsp3) is 0.533. The molecule has 0 aromatic heterocycles. The number of aliphatic carboxylic acids is 1. The zero-order valence-corrected chi connectivity index (χ0v) is 14.2. The van der Waals surface area contributed by atoms with Crippen molar-refractivity contribution in [2.45, 2.75) is 51.0 Å². The van der Waals surface area contributed by atoms with E-state index in [1.807, 2.05) is 6.92 Å². The molecule has 0 aliphatic heterocycles. The van der Waals surface area contributed by atoms with E-state index in [2.05, 4.69) is 4.72 Å². The zero-order chi connectivity index (χ0) is 16.9. The predicted molar refractivity (Wildman–Crippen MR) is 83.7 cm³/mol. The maximum atomic E-state index is 12.5. The van der Waals surface area contributed by atoms with Gasteiger partial charge in [-0.05, 0) is 43.5 Å². The van der Waals surface area contributed by atoms with Crippen molar-refractivity contribution in [1.29, 1.82) is 0 Å². The Morgan fingerprint density at radius 1 is 1.32 bits per heavy atom. The first-order valence-corrected chi connectivity index (χ1v) is 8.61. The van der Waals surface area contributed by atoms with Crippen molar-refractivity contribution in [3.63, 3.8) is 0 Å². The molecule has 1 atom stereocenters. The van der Waals surface area contributed by atoms with Crippen LogP contribution in [0.1, 0.15) is 37.3 Å². The number of sulfonamides is 1. The van der Waals surface area contributed by atoms with Gasteiger partial charge in [-0.1, -0.05) is 19.8 Å². The summed E-state index contributed by atoms with van der Waals surface area (Å²) in [5.74, 6) is -0.572. The number of nitrogens with one attached hydrogen (secondary N) is 1. The third kappa shape index (κ3) is 4.45. The second kappa shape index (κ2) is 7.60. The average molecular weight is 329 g/mol. The van der Waals surface area contributed by atoms with Crippen molar-refractivity contribution in [1.82, 2.24) is 4.72 Å². The molecule has 0 bridgehead atoms. The van der Waals surface area contributed by atoms with Gasteiger partial charge in [0.15, 0.2) is 0 Å². The summed E-state index contributed by atoms with van der Waals surface area (Å²) in [6, 6.07) is 2.01. The first kappa shape index (κ1) is 18.4. The van der Waals surface area contributed by atoms with Crippen LogP contribution in [0.4, 0.5) is 0 Å². The number of methoxy groups -OCH3 is 1. The number of aryl methyl sites for hydroxylation is 2. The van der Waals surface area contributed by atoms with E-state index in [1.54, 1.807) is 19.9 Å². The number of carboxylic acid groups (broad SMARTS) is 1. The van der Waals surface area contributed by atoms with Crippen molar-refractivity contribution in [2.24, 2.45) is 0 Å². The second-order valence-electron chi connectivity index (χ2n) is 5.24. The second-order valence-corrected chi connectivity index (χ2v) is 6.92. The van der Waals surface area contributed by atoms with Gasteiger partial charge in [-0.3, -0.25) is 4.79 Å². The molecule has 0 aliphatic rings. The van der Waals surface area contributed by atoms with Crippen LogP contribution in [0, 0.1) is 13.8 Å². The maximum Gasteiger partial charge on any atom is 0.321 e. The molecule has 1 rings (SSSR count). The van der Waals surface area contributed by atoms with E-state index in [-0.39, 0.29) is 11.3 Å². The Hall–Kier alpha value is -1.60. The molecule has 0 saturated carbocycles. The molecule has 0 unspecified atom stereocenters. The Bertz CT molecular complexity index is 640. The molecule has 1 aromatic carbocycles. The number of carboxylic acids is 1. The number of ether oxygens (including phenoxy) is 1. The first-order valence-electron chi connectivity index (χ1n) is 7.13. The van der Waals surface area contributed by atoms with Gasteiger partial charge in [0.05, 0.1) is 12.0 Å². The molecule has 7 heteroatoms. The highest BCUT2D eigenvalue weighted by Gasteiger charge is 2.26. The fourth-order valence-corrected chi connectivity index (χ4v) is 3.70. The van der Waals surface area contributed by atoms with Crippen LogP contribution in [0.25, 0.3) is 0 Å². The highest BCUT2D eigenvalue weighted by molar-refractivity contribution is 7.89. The SMILES string of the molecule is CCCC[C@H](NS(=O)(=O)c1cc(C)c(OC)cc1C)C(=O)O. The molecule has 22 heavy (non-hydrogen) atoms. The fourth-order valence-electron chi connectivity index (χ4n) is 2.16. The van der Waals surface area contributed by atoms with Gasteiger partial charge < -0.3 is 9.84 Å². The average Bonchev–Trinajstić information content (AvgIpc) is 2.44. The minimum atomic E-state index is -3.90. The van der Waals surface area contributed by atoms with Crippen LogP contribution >= 0.6 is 0 Å². The predicted octanol–water partition coefficient (Wildman–Crippen LogP) is 2.23. The monoisotopic (exact) mass is 329 g/mol. The van der Waals surface area contributed by atoms with Gasteiger partial charge in [-0.25, -0.2) is 8.42 Å². The normalized spacial score (nSPS) is 12.9. The van der Waals surface area contributed by atoms with Gasteiger partial charge in [0, 0.05) is 0 Å². The van der Waals surface area contributed by atoms with Gasteiger partial charge >= 0.3 is 5.97 Å². The van der Waals surface area contributed by atoms with Crippen LogP contribution in [0.15, 0.2) is 17.0 Å². The van der Waals surface area contributed by atoms with E-state index in [1.165, 1.54) is 13.2 Å². The largest absolute Gasteiger partial charge is 0.496 e. The van der Waals surface area contributed by atoms with Gasteiger partial charge in [-0.15, -0.1) is 0 Å². The smallest absolute Gasteiger partial charge is 0.321 e. The lowest BCUT2D eigenvalue weighted by molar-refractivity contribution is -0.139. The Morgan fingerprint density at radius 2 is 1.95 bits per heavy atom. The molecular formula is C15H23NO5S. The maximum absolute atomic E-state index is 12.5. The van der Waals surface area contributed by atoms with Gasteiger partial charge in [0.1, 0.15) is 11.8 Å². The molecule has 0 amide bonds. The van der Waals surface area contributed by atoms with Crippen LogP contribution in [-0.4, -0.2) is 32.6 Å². The minimum absolute atomic E-state index is 0.0774. The Morgan fingerprint density at radius 3 is 2.45 bits per heavy atom. The molecule has 6 nitrogen and oxygen atoms in total. The molecule has 0 heterocycles. The summed E-state index contributed by atoms with van der Waals surface area (Å²) in [4.78, 5) is 11.3. The standard InChI is InChI=1S/C15H23NO5S/c1-5-6-7-12(15(17)18)16-22(19,20)14-9-10(2)13(21-4)8-11(14)3/h8-9,12,16H,5-7H2,1-4H3,(H,17,18)/t12-/m0/s1. The number of rotatable bonds is 8. The van der Waals surface area contributed by atoms with E-state index in [9.17, 15) is 13.2 Å². The minimum Gasteiger partial charge on any atom is -0.496 e. The van der Waals surface area contributed by atoms with E-state index in [0.29, 0.717) is 23.3 Å². The van der Waals surface area contributed by atoms with Crippen LogP contribution < -0.4 is 9.46 Å². The lowest BCUT2D eigenvalue weighted by Crippen LogP contribution is -2.40. The van der Waals surface area contributed by atoms with Crippen molar-refractivity contribution in [2.75, 3.05) is 7.11 Å². The van der Waals surface area contributed by atoms with Crippen LogP contribution in [-0.2, 0) is 14.8 Å². The molecule has 1 aromatic rings. The Balaban J connectivity index is 3.13. The molecule has 0 radical (unpaired) electrons. The topological polar surface area (TPSA) is 92.7 Å². The summed E-state index contributed by atoms with van der Waals surface area (Å²) < 4.78 is 32.4. The number of hydrogen-bond acceptors (Lipinski definition) is 4. The number of benzene rings is 1. The van der Waals surface area contributed by atoms with E-state index in [0.717, 1.165) is 6.42 Å². The molecule has 0 aliphatic carbocycles.